The summed E-state index contributed by atoms with van der Waals surface area (Å²) in [6.07, 6.45) is 0.830. The lowest BCUT2D eigenvalue weighted by Gasteiger charge is -2.41. The Kier molecular flexibility index (Phi) is 6.17. The largest absolute Gasteiger partial charge is 0.444 e. The third-order valence-corrected chi connectivity index (χ3v) is 4.90. The average Bonchev–Trinajstić information content (AvgIpc) is 2.70. The van der Waals surface area contributed by atoms with Crippen LogP contribution in [0.5, 0.6) is 5.75 Å². The number of piperazine rings is 1. The molecule has 1 atom stereocenters. The molecule has 2 heterocycles. The zero-order valence-electron chi connectivity index (χ0n) is 18.5. The minimum atomic E-state index is -0.787. The van der Waals surface area contributed by atoms with E-state index >= 15 is 0 Å². The third-order valence-electron chi connectivity index (χ3n) is 4.90. The molecule has 1 unspecified atom stereocenters. The van der Waals surface area contributed by atoms with Gasteiger partial charge in [0.2, 0.25) is 5.75 Å². The van der Waals surface area contributed by atoms with Crippen LogP contribution in [0.1, 0.15) is 43.9 Å². The van der Waals surface area contributed by atoms with Crippen molar-refractivity contribution in [2.75, 3.05) is 19.6 Å². The van der Waals surface area contributed by atoms with Crippen LogP contribution in [0.25, 0.3) is 0 Å². The fraction of sp³-hybridized carbons (Fsp3) is 0.455. The van der Waals surface area contributed by atoms with Gasteiger partial charge < -0.3 is 19.7 Å². The highest BCUT2D eigenvalue weighted by atomic mass is 16.6. The molecule has 31 heavy (non-hydrogen) atoms. The summed E-state index contributed by atoms with van der Waals surface area (Å²) in [4.78, 5) is 43.7. The first-order valence-corrected chi connectivity index (χ1v) is 10.1. The van der Waals surface area contributed by atoms with E-state index in [0.29, 0.717) is 24.5 Å². The number of aromatic nitrogens is 2. The molecule has 3 rings (SSSR count). The van der Waals surface area contributed by atoms with E-state index in [1.807, 2.05) is 27.7 Å². The molecule has 2 aromatic rings. The average molecular weight is 428 g/mol. The predicted octanol–water partition coefficient (Wildman–Crippen LogP) is 2.05. The van der Waals surface area contributed by atoms with Crippen LogP contribution < -0.4 is 15.6 Å². The van der Waals surface area contributed by atoms with E-state index < -0.39 is 28.8 Å². The topological polar surface area (TPSA) is 103 Å². The molecule has 1 fully saturated rings. The van der Waals surface area contributed by atoms with Gasteiger partial charge in [-0.25, -0.2) is 14.6 Å². The summed E-state index contributed by atoms with van der Waals surface area (Å²) < 4.78 is 12.1. The van der Waals surface area contributed by atoms with Crippen LogP contribution in [0.3, 0.4) is 0 Å². The van der Waals surface area contributed by atoms with Crippen molar-refractivity contribution in [1.29, 1.82) is 0 Å². The van der Waals surface area contributed by atoms with E-state index in [0.717, 1.165) is 0 Å². The molecule has 1 aliphatic heterocycles. The zero-order chi connectivity index (χ0) is 22.8. The lowest BCUT2D eigenvalue weighted by molar-refractivity contribution is 0.0122. The van der Waals surface area contributed by atoms with E-state index in [4.69, 9.17) is 9.47 Å². The number of benzene rings is 1. The fourth-order valence-electron chi connectivity index (χ4n) is 3.45. The molecule has 0 radical (unpaired) electrons. The smallest absolute Gasteiger partial charge is 0.410 e. The van der Waals surface area contributed by atoms with Crippen LogP contribution in [-0.2, 0) is 17.3 Å². The molecular weight excluding hydrogens is 400 g/mol. The molecule has 1 aromatic heterocycles. The number of carbonyl (C=O) groups is 2. The second-order valence-corrected chi connectivity index (χ2v) is 8.73. The number of ether oxygens (including phenoxy) is 2. The second kappa shape index (κ2) is 8.50. The Bertz CT molecular complexity index is 1030. The Morgan fingerprint density at radius 3 is 2.52 bits per heavy atom. The monoisotopic (exact) mass is 428 g/mol. The van der Waals surface area contributed by atoms with Gasteiger partial charge in [-0.15, -0.1) is 0 Å². The Balaban J connectivity index is 1.82. The Morgan fingerprint density at radius 1 is 1.19 bits per heavy atom. The molecule has 1 N–H and O–H groups in total. The van der Waals surface area contributed by atoms with Crippen molar-refractivity contribution in [2.45, 2.75) is 38.8 Å². The molecule has 9 heteroatoms. The van der Waals surface area contributed by atoms with Crippen LogP contribution in [-0.4, -0.2) is 51.7 Å². The van der Waals surface area contributed by atoms with Gasteiger partial charge in [-0.05, 0) is 39.8 Å². The molecule has 0 saturated carbocycles. The van der Waals surface area contributed by atoms with Crippen LogP contribution in [0.4, 0.5) is 4.79 Å². The van der Waals surface area contributed by atoms with Crippen LogP contribution in [0, 0.1) is 0 Å². The van der Waals surface area contributed by atoms with E-state index in [-0.39, 0.29) is 12.3 Å². The molecule has 1 saturated heterocycles. The summed E-state index contributed by atoms with van der Waals surface area (Å²) >= 11 is 0. The van der Waals surface area contributed by atoms with Crippen molar-refractivity contribution in [2.24, 2.45) is 7.05 Å². The van der Waals surface area contributed by atoms with Crippen molar-refractivity contribution in [3.8, 4) is 5.75 Å². The van der Waals surface area contributed by atoms with Gasteiger partial charge in [0.25, 0.3) is 5.56 Å². The van der Waals surface area contributed by atoms with E-state index in [1.165, 1.54) is 10.8 Å². The van der Waals surface area contributed by atoms with Gasteiger partial charge in [-0.1, -0.05) is 18.2 Å². The SMILES string of the molecule is Cn1c(C2(C)CN(C(=O)OC(C)(C)C)CCN2)ncc(OC(=O)c2ccccc2)c1=O. The van der Waals surface area contributed by atoms with Crippen molar-refractivity contribution in [3.63, 3.8) is 0 Å². The van der Waals surface area contributed by atoms with Gasteiger partial charge in [-0.2, -0.15) is 0 Å². The lowest BCUT2D eigenvalue weighted by atomic mass is 9.97. The Labute approximate surface area is 181 Å². The predicted molar refractivity (Wildman–Crippen MR) is 114 cm³/mol. The molecule has 1 aromatic carbocycles. The normalized spacial score (nSPS) is 19.1. The van der Waals surface area contributed by atoms with Crippen molar-refractivity contribution in [3.05, 3.63) is 58.3 Å². The minimum Gasteiger partial charge on any atom is -0.444 e. The third kappa shape index (κ3) is 5.11. The number of hydrogen-bond donors (Lipinski definition) is 1. The number of nitrogens with zero attached hydrogens (tertiary/aromatic N) is 3. The molecule has 166 valence electrons. The van der Waals surface area contributed by atoms with Crippen LogP contribution in [0.2, 0.25) is 0 Å². The highest BCUT2D eigenvalue weighted by Crippen LogP contribution is 2.24. The molecule has 9 nitrogen and oxygen atoms in total. The lowest BCUT2D eigenvalue weighted by Crippen LogP contribution is -2.60. The molecule has 0 bridgehead atoms. The molecule has 0 aliphatic carbocycles. The quantitative estimate of drug-likeness (QED) is 0.747. The molecular formula is C22H28N4O5. The number of rotatable bonds is 3. The van der Waals surface area contributed by atoms with E-state index in [1.54, 1.807) is 42.3 Å². The molecule has 0 spiro atoms. The standard InChI is InChI=1S/C22H28N4O5/c1-21(2,3)31-20(29)26-12-11-24-22(4,14-26)19-23-13-16(17(27)25(19)5)30-18(28)15-9-7-6-8-10-15/h6-10,13,24H,11-12,14H2,1-5H3. The van der Waals surface area contributed by atoms with Crippen molar-refractivity contribution < 1.29 is 19.1 Å². The summed E-state index contributed by atoms with van der Waals surface area (Å²) in [5.74, 6) is -0.376. The highest BCUT2D eigenvalue weighted by Gasteiger charge is 2.39. The van der Waals surface area contributed by atoms with Crippen LogP contribution >= 0.6 is 0 Å². The maximum Gasteiger partial charge on any atom is 0.410 e. The summed E-state index contributed by atoms with van der Waals surface area (Å²) in [6.45, 7) is 8.56. The highest BCUT2D eigenvalue weighted by molar-refractivity contribution is 5.90. The number of nitrogens with one attached hydrogen (secondary N) is 1. The first kappa shape index (κ1) is 22.5. The maximum absolute atomic E-state index is 12.9. The van der Waals surface area contributed by atoms with Gasteiger partial charge in [-0.3, -0.25) is 9.36 Å². The summed E-state index contributed by atoms with van der Waals surface area (Å²) in [5.41, 5.74) is -1.55. The van der Waals surface area contributed by atoms with Crippen molar-refractivity contribution >= 4 is 12.1 Å². The first-order valence-electron chi connectivity index (χ1n) is 10.1. The molecule has 1 aliphatic rings. The summed E-state index contributed by atoms with van der Waals surface area (Å²) in [7, 11) is 1.56. The van der Waals surface area contributed by atoms with E-state index in [2.05, 4.69) is 10.3 Å². The maximum atomic E-state index is 12.9. The number of carbonyl (C=O) groups excluding carboxylic acids is 2. The van der Waals surface area contributed by atoms with Gasteiger partial charge in [0.05, 0.1) is 17.3 Å². The van der Waals surface area contributed by atoms with Crippen molar-refractivity contribution in [1.82, 2.24) is 19.8 Å². The fourth-order valence-corrected chi connectivity index (χ4v) is 3.45. The molecule has 1 amide bonds. The summed E-state index contributed by atoms with van der Waals surface area (Å²) in [6, 6.07) is 8.41. The second-order valence-electron chi connectivity index (χ2n) is 8.73. The van der Waals surface area contributed by atoms with Gasteiger partial charge in [0.1, 0.15) is 11.4 Å². The first-order chi connectivity index (χ1) is 14.5. The van der Waals surface area contributed by atoms with Crippen LogP contribution in [0.15, 0.2) is 41.3 Å². The number of hydrogen-bond acceptors (Lipinski definition) is 7. The Hall–Kier alpha value is -3.20. The zero-order valence-corrected chi connectivity index (χ0v) is 18.5. The van der Waals surface area contributed by atoms with Gasteiger partial charge >= 0.3 is 12.1 Å². The van der Waals surface area contributed by atoms with Gasteiger partial charge in [0, 0.05) is 26.7 Å². The van der Waals surface area contributed by atoms with E-state index in [9.17, 15) is 14.4 Å². The number of amides is 1. The number of esters is 1. The minimum absolute atomic E-state index is 0.163. The summed E-state index contributed by atoms with van der Waals surface area (Å²) in [5, 5.41) is 3.33. The van der Waals surface area contributed by atoms with Gasteiger partial charge in [0.15, 0.2) is 0 Å². The Morgan fingerprint density at radius 2 is 1.87 bits per heavy atom.